The number of hydrogen-bond acceptors (Lipinski definition) is 5. The van der Waals surface area contributed by atoms with E-state index in [1.54, 1.807) is 0 Å². The second kappa shape index (κ2) is 44.7. The minimum atomic E-state index is -0.568. The molecule has 0 N–H and O–H groups in total. The molecule has 310 valence electrons. The van der Waals surface area contributed by atoms with Crippen LogP contribution in [0.15, 0.2) is 72.9 Å². The lowest BCUT2D eigenvalue weighted by Gasteiger charge is -2.18. The van der Waals surface area contributed by atoms with Crippen molar-refractivity contribution in [1.29, 1.82) is 0 Å². The van der Waals surface area contributed by atoms with E-state index < -0.39 is 6.10 Å². The molecule has 0 amide bonds. The third-order valence-electron chi connectivity index (χ3n) is 9.21. The van der Waals surface area contributed by atoms with Crippen molar-refractivity contribution in [2.24, 2.45) is 0 Å². The Kier molecular flexibility index (Phi) is 42.5. The summed E-state index contributed by atoms with van der Waals surface area (Å²) in [6, 6.07) is 0. The molecule has 0 heterocycles. The predicted molar refractivity (Wildman–Crippen MR) is 233 cm³/mol. The van der Waals surface area contributed by atoms with Crippen LogP contribution < -0.4 is 0 Å². The molecule has 1 unspecified atom stereocenters. The number of esters is 2. The van der Waals surface area contributed by atoms with Crippen LogP contribution in [0, 0.1) is 0 Å². The first-order valence-corrected chi connectivity index (χ1v) is 22.5. The van der Waals surface area contributed by atoms with E-state index in [9.17, 15) is 9.59 Å². The van der Waals surface area contributed by atoms with Gasteiger partial charge in [-0.15, -0.1) is 0 Å². The zero-order valence-electron chi connectivity index (χ0n) is 35.5. The van der Waals surface area contributed by atoms with Gasteiger partial charge in [0, 0.05) is 19.4 Å². The average Bonchev–Trinajstić information content (AvgIpc) is 3.17. The predicted octanol–water partition coefficient (Wildman–Crippen LogP) is 14.8. The summed E-state index contributed by atoms with van der Waals surface area (Å²) in [4.78, 5) is 25.2. The highest BCUT2D eigenvalue weighted by Gasteiger charge is 2.17. The molecular formula is C49H84O5. The van der Waals surface area contributed by atoms with Crippen molar-refractivity contribution in [3.63, 3.8) is 0 Å². The summed E-state index contributed by atoms with van der Waals surface area (Å²) in [6.07, 6.45) is 56.2. The van der Waals surface area contributed by atoms with Crippen LogP contribution in [-0.2, 0) is 23.8 Å². The topological polar surface area (TPSA) is 61.8 Å². The molecule has 0 aliphatic heterocycles. The summed E-state index contributed by atoms with van der Waals surface area (Å²) < 4.78 is 17.2. The van der Waals surface area contributed by atoms with Crippen LogP contribution in [0.1, 0.15) is 201 Å². The Balaban J connectivity index is 4.37. The lowest BCUT2D eigenvalue weighted by atomic mass is 10.1. The molecule has 1 atom stereocenters. The zero-order chi connectivity index (χ0) is 39.3. The smallest absolute Gasteiger partial charge is 0.306 e. The van der Waals surface area contributed by atoms with E-state index in [2.05, 4.69) is 93.7 Å². The van der Waals surface area contributed by atoms with Gasteiger partial charge in [-0.05, 0) is 77.0 Å². The van der Waals surface area contributed by atoms with E-state index in [1.165, 1.54) is 77.0 Å². The van der Waals surface area contributed by atoms with Crippen LogP contribution in [0.25, 0.3) is 0 Å². The molecule has 0 aliphatic carbocycles. The van der Waals surface area contributed by atoms with Crippen LogP contribution in [-0.4, -0.2) is 37.9 Å². The quantitative estimate of drug-likeness (QED) is 0.0354. The van der Waals surface area contributed by atoms with Crippen molar-refractivity contribution in [2.75, 3.05) is 19.8 Å². The van der Waals surface area contributed by atoms with Crippen LogP contribution in [0.3, 0.4) is 0 Å². The summed E-state index contributed by atoms with van der Waals surface area (Å²) in [5.41, 5.74) is 0. The molecule has 0 saturated heterocycles. The minimum absolute atomic E-state index is 0.0552. The van der Waals surface area contributed by atoms with Gasteiger partial charge in [0.1, 0.15) is 6.61 Å². The van der Waals surface area contributed by atoms with E-state index in [1.807, 2.05) is 0 Å². The molecule has 0 radical (unpaired) electrons. The highest BCUT2D eigenvalue weighted by Crippen LogP contribution is 2.13. The average molecular weight is 753 g/mol. The summed E-state index contributed by atoms with van der Waals surface area (Å²) in [7, 11) is 0. The van der Waals surface area contributed by atoms with Gasteiger partial charge >= 0.3 is 11.9 Å². The van der Waals surface area contributed by atoms with Gasteiger partial charge in [-0.25, -0.2) is 0 Å². The number of allylic oxidation sites excluding steroid dienone is 12. The Bertz CT molecular complexity index is 988. The largest absolute Gasteiger partial charge is 0.462 e. The van der Waals surface area contributed by atoms with Crippen molar-refractivity contribution in [3.8, 4) is 0 Å². The van der Waals surface area contributed by atoms with E-state index in [0.717, 1.165) is 89.9 Å². The van der Waals surface area contributed by atoms with E-state index >= 15 is 0 Å². The molecule has 0 rings (SSSR count). The fourth-order valence-electron chi connectivity index (χ4n) is 5.90. The number of unbranched alkanes of at least 4 members (excludes halogenated alkanes) is 17. The molecule has 5 heteroatoms. The van der Waals surface area contributed by atoms with E-state index in [0.29, 0.717) is 19.4 Å². The number of carbonyl (C=O) groups is 2. The van der Waals surface area contributed by atoms with Crippen molar-refractivity contribution >= 4 is 11.9 Å². The zero-order valence-corrected chi connectivity index (χ0v) is 35.5. The minimum Gasteiger partial charge on any atom is -0.462 e. The molecule has 0 fully saturated rings. The molecule has 0 spiro atoms. The second-order valence-electron chi connectivity index (χ2n) is 14.6. The molecule has 54 heavy (non-hydrogen) atoms. The Labute approximate surface area is 334 Å². The second-order valence-corrected chi connectivity index (χ2v) is 14.6. The van der Waals surface area contributed by atoms with Gasteiger partial charge in [-0.3, -0.25) is 9.59 Å². The molecule has 0 saturated carbocycles. The maximum Gasteiger partial charge on any atom is 0.306 e. The molecule has 0 aromatic heterocycles. The molecule has 0 aromatic carbocycles. The third-order valence-corrected chi connectivity index (χ3v) is 9.21. The van der Waals surface area contributed by atoms with Crippen LogP contribution >= 0.6 is 0 Å². The highest BCUT2D eigenvalue weighted by atomic mass is 16.6. The van der Waals surface area contributed by atoms with Crippen LogP contribution in [0.4, 0.5) is 0 Å². The SMILES string of the molecule is CC/C=C\C/C=C\C/C=C\C/C=C\CCCOCC(COC(=O)CCCCCCC/C=C\C/C=C\CCC)OC(=O)CCCCCCCCCCCCC. The van der Waals surface area contributed by atoms with E-state index in [-0.39, 0.29) is 25.2 Å². The standard InChI is InChI=1S/C49H84O5/c1-4-7-10-13-16-19-22-24-26-29-32-35-38-41-44-52-45-47(54-49(51)43-40-37-34-31-27-21-18-15-12-9-6-3)46-53-48(50)42-39-36-33-30-28-25-23-20-17-14-11-8-5-2/h7,10-11,14,16,19-20,23-24,26,32,35,47H,4-6,8-9,12-13,15,17-18,21-22,25,27-31,33-34,36-46H2,1-3H3/b10-7-,14-11-,19-16-,23-20-,26-24-,35-32-. The monoisotopic (exact) mass is 753 g/mol. The van der Waals surface area contributed by atoms with Crippen LogP contribution in [0.2, 0.25) is 0 Å². The molecule has 0 aliphatic rings. The summed E-state index contributed by atoms with van der Waals surface area (Å²) in [5, 5.41) is 0. The van der Waals surface area contributed by atoms with Gasteiger partial charge in [0.2, 0.25) is 0 Å². The molecule has 5 nitrogen and oxygen atoms in total. The summed E-state index contributed by atoms with van der Waals surface area (Å²) >= 11 is 0. The number of carbonyl (C=O) groups excluding carboxylic acids is 2. The number of ether oxygens (including phenoxy) is 3. The first kappa shape index (κ1) is 51.3. The van der Waals surface area contributed by atoms with Crippen molar-refractivity contribution < 1.29 is 23.8 Å². The number of hydrogen-bond donors (Lipinski definition) is 0. The van der Waals surface area contributed by atoms with Gasteiger partial charge < -0.3 is 14.2 Å². The lowest BCUT2D eigenvalue weighted by Crippen LogP contribution is -2.30. The fourth-order valence-corrected chi connectivity index (χ4v) is 5.90. The van der Waals surface area contributed by atoms with Gasteiger partial charge in [0.05, 0.1) is 6.61 Å². The Hall–Kier alpha value is -2.66. The summed E-state index contributed by atoms with van der Waals surface area (Å²) in [6.45, 7) is 7.49. The van der Waals surface area contributed by atoms with Crippen LogP contribution in [0.5, 0.6) is 0 Å². The van der Waals surface area contributed by atoms with Gasteiger partial charge in [-0.2, -0.15) is 0 Å². The van der Waals surface area contributed by atoms with Gasteiger partial charge in [-0.1, -0.05) is 184 Å². The van der Waals surface area contributed by atoms with E-state index in [4.69, 9.17) is 14.2 Å². The Morgan fingerprint density at radius 1 is 0.426 bits per heavy atom. The summed E-state index contributed by atoms with van der Waals surface area (Å²) in [5.74, 6) is -0.446. The van der Waals surface area contributed by atoms with Crippen molar-refractivity contribution in [3.05, 3.63) is 72.9 Å². The van der Waals surface area contributed by atoms with Gasteiger partial charge in [0.15, 0.2) is 6.10 Å². The third kappa shape index (κ3) is 42.1. The van der Waals surface area contributed by atoms with Crippen molar-refractivity contribution in [2.45, 2.75) is 207 Å². The highest BCUT2D eigenvalue weighted by molar-refractivity contribution is 5.70. The Morgan fingerprint density at radius 3 is 1.41 bits per heavy atom. The molecule has 0 aromatic rings. The van der Waals surface area contributed by atoms with Gasteiger partial charge in [0.25, 0.3) is 0 Å². The lowest BCUT2D eigenvalue weighted by molar-refractivity contribution is -0.163. The van der Waals surface area contributed by atoms with Crippen molar-refractivity contribution in [1.82, 2.24) is 0 Å². The maximum atomic E-state index is 12.7. The fraction of sp³-hybridized carbons (Fsp3) is 0.714. The Morgan fingerprint density at radius 2 is 0.870 bits per heavy atom. The molecular weight excluding hydrogens is 669 g/mol. The maximum absolute atomic E-state index is 12.7. The first-order valence-electron chi connectivity index (χ1n) is 22.5. The first-order chi connectivity index (χ1) is 26.6. The number of rotatable bonds is 40. The molecule has 0 bridgehead atoms. The normalized spacial score (nSPS) is 12.9.